The molecule has 4 heteroatoms. The van der Waals surface area contributed by atoms with E-state index in [1.165, 1.54) is 6.08 Å². The van der Waals surface area contributed by atoms with Crippen LogP contribution in [0.25, 0.3) is 6.08 Å². The van der Waals surface area contributed by atoms with Crippen molar-refractivity contribution in [3.05, 3.63) is 96.1 Å². The number of hydrogen-bond acceptors (Lipinski definition) is 3. The van der Waals surface area contributed by atoms with Crippen molar-refractivity contribution in [3.8, 4) is 17.2 Å². The number of benzene rings is 3. The van der Waals surface area contributed by atoms with E-state index in [0.29, 0.717) is 23.7 Å². The van der Waals surface area contributed by atoms with Crippen LogP contribution < -0.4 is 9.47 Å². The van der Waals surface area contributed by atoms with Gasteiger partial charge in [0.2, 0.25) is 0 Å². The zero-order valence-corrected chi connectivity index (χ0v) is 14.0. The fraction of sp³-hybridized carbons (Fsp3) is 0.0455. The zero-order chi connectivity index (χ0) is 18.2. The lowest BCUT2D eigenvalue weighted by Gasteiger charge is -2.10. The third-order valence-corrected chi connectivity index (χ3v) is 3.62. The number of hydrogen-bond donors (Lipinski definition) is 1. The lowest BCUT2D eigenvalue weighted by Crippen LogP contribution is -1.95. The van der Waals surface area contributed by atoms with Gasteiger partial charge in [0.25, 0.3) is 0 Å². The van der Waals surface area contributed by atoms with Crippen LogP contribution in [0.3, 0.4) is 0 Å². The molecule has 0 unspecified atom stereocenters. The van der Waals surface area contributed by atoms with Gasteiger partial charge in [-0.3, -0.25) is 0 Å². The largest absolute Gasteiger partial charge is 0.489 e. The Hall–Kier alpha value is -3.53. The molecule has 4 nitrogen and oxygen atoms in total. The Balaban J connectivity index is 1.65. The van der Waals surface area contributed by atoms with E-state index in [4.69, 9.17) is 14.6 Å². The van der Waals surface area contributed by atoms with E-state index < -0.39 is 5.97 Å². The molecule has 26 heavy (non-hydrogen) atoms. The first-order valence-electron chi connectivity index (χ1n) is 8.15. The Bertz CT molecular complexity index is 884. The van der Waals surface area contributed by atoms with E-state index in [1.807, 2.05) is 66.7 Å². The Kier molecular flexibility index (Phi) is 5.68. The molecule has 1 N–H and O–H groups in total. The van der Waals surface area contributed by atoms with E-state index >= 15 is 0 Å². The third-order valence-electron chi connectivity index (χ3n) is 3.62. The Morgan fingerprint density at radius 2 is 1.50 bits per heavy atom. The molecule has 3 aromatic carbocycles. The summed E-state index contributed by atoms with van der Waals surface area (Å²) in [6.07, 6.45) is 2.59. The number of ether oxygens (including phenoxy) is 2. The summed E-state index contributed by atoms with van der Waals surface area (Å²) in [6, 6.07) is 24.5. The molecule has 0 aromatic heterocycles. The summed E-state index contributed by atoms with van der Waals surface area (Å²) >= 11 is 0. The maximum absolute atomic E-state index is 10.7. The van der Waals surface area contributed by atoms with Crippen LogP contribution in [0.2, 0.25) is 0 Å². The van der Waals surface area contributed by atoms with Crippen molar-refractivity contribution in [2.24, 2.45) is 0 Å². The van der Waals surface area contributed by atoms with Crippen LogP contribution in [-0.4, -0.2) is 11.1 Å². The molecule has 0 bridgehead atoms. The SMILES string of the molecule is O=C(O)C=Cc1ccccc1Oc1ccc(OCc2ccccc2)cc1. The van der Waals surface area contributed by atoms with Gasteiger partial charge in [0.1, 0.15) is 23.9 Å². The average Bonchev–Trinajstić information content (AvgIpc) is 2.67. The number of para-hydroxylation sites is 1. The van der Waals surface area contributed by atoms with Crippen molar-refractivity contribution >= 4 is 12.0 Å². The molecule has 0 fully saturated rings. The Labute approximate surface area is 151 Å². The summed E-state index contributed by atoms with van der Waals surface area (Å²) in [7, 11) is 0. The second kappa shape index (κ2) is 8.53. The minimum atomic E-state index is -1.00. The summed E-state index contributed by atoms with van der Waals surface area (Å²) in [4.78, 5) is 10.7. The van der Waals surface area contributed by atoms with Crippen molar-refractivity contribution in [2.75, 3.05) is 0 Å². The van der Waals surface area contributed by atoms with E-state index in [-0.39, 0.29) is 0 Å². The van der Waals surface area contributed by atoms with Crippen LogP contribution in [0.4, 0.5) is 0 Å². The van der Waals surface area contributed by atoms with Crippen LogP contribution in [0.15, 0.2) is 84.9 Å². The topological polar surface area (TPSA) is 55.8 Å². The van der Waals surface area contributed by atoms with Crippen molar-refractivity contribution < 1.29 is 19.4 Å². The minimum Gasteiger partial charge on any atom is -0.489 e. The first-order valence-corrected chi connectivity index (χ1v) is 8.15. The molecule has 0 radical (unpaired) electrons. The van der Waals surface area contributed by atoms with Crippen molar-refractivity contribution in [1.29, 1.82) is 0 Å². The van der Waals surface area contributed by atoms with Gasteiger partial charge >= 0.3 is 5.97 Å². The molecule has 0 amide bonds. The molecule has 0 saturated carbocycles. The molecule has 0 aliphatic carbocycles. The monoisotopic (exact) mass is 346 g/mol. The highest BCUT2D eigenvalue weighted by molar-refractivity contribution is 5.85. The van der Waals surface area contributed by atoms with Crippen LogP contribution in [0.5, 0.6) is 17.2 Å². The smallest absolute Gasteiger partial charge is 0.328 e. The average molecular weight is 346 g/mol. The number of carbonyl (C=O) groups is 1. The van der Waals surface area contributed by atoms with Gasteiger partial charge in [0.05, 0.1) is 0 Å². The van der Waals surface area contributed by atoms with Crippen LogP contribution in [0.1, 0.15) is 11.1 Å². The predicted octanol–water partition coefficient (Wildman–Crippen LogP) is 5.16. The minimum absolute atomic E-state index is 0.504. The van der Waals surface area contributed by atoms with Crippen LogP contribution >= 0.6 is 0 Å². The molecule has 0 aliphatic heterocycles. The van der Waals surface area contributed by atoms with Crippen LogP contribution in [0, 0.1) is 0 Å². The Morgan fingerprint density at radius 1 is 0.846 bits per heavy atom. The van der Waals surface area contributed by atoms with Gasteiger partial charge in [-0.15, -0.1) is 0 Å². The highest BCUT2D eigenvalue weighted by Crippen LogP contribution is 2.27. The molecular formula is C22H18O4. The van der Waals surface area contributed by atoms with Crippen LogP contribution in [-0.2, 0) is 11.4 Å². The van der Waals surface area contributed by atoms with E-state index in [0.717, 1.165) is 17.4 Å². The lowest BCUT2D eigenvalue weighted by atomic mass is 10.2. The number of carboxylic acid groups (broad SMARTS) is 1. The summed E-state index contributed by atoms with van der Waals surface area (Å²) in [6.45, 7) is 0.504. The number of rotatable bonds is 7. The lowest BCUT2D eigenvalue weighted by molar-refractivity contribution is -0.131. The molecular weight excluding hydrogens is 328 g/mol. The van der Waals surface area contributed by atoms with Crippen molar-refractivity contribution in [3.63, 3.8) is 0 Å². The van der Waals surface area contributed by atoms with Crippen molar-refractivity contribution in [2.45, 2.75) is 6.61 Å². The van der Waals surface area contributed by atoms with Gasteiger partial charge in [-0.2, -0.15) is 0 Å². The normalized spacial score (nSPS) is 10.6. The zero-order valence-electron chi connectivity index (χ0n) is 14.0. The second-order valence-corrected chi connectivity index (χ2v) is 5.56. The highest BCUT2D eigenvalue weighted by Gasteiger charge is 2.03. The summed E-state index contributed by atoms with van der Waals surface area (Å²) < 4.78 is 11.6. The summed E-state index contributed by atoms with van der Waals surface area (Å²) in [5, 5.41) is 8.78. The quantitative estimate of drug-likeness (QED) is 0.601. The summed E-state index contributed by atoms with van der Waals surface area (Å²) in [5.41, 5.74) is 1.80. The second-order valence-electron chi connectivity index (χ2n) is 5.56. The fourth-order valence-corrected chi connectivity index (χ4v) is 2.34. The molecule has 130 valence electrons. The van der Waals surface area contributed by atoms with E-state index in [2.05, 4.69) is 0 Å². The van der Waals surface area contributed by atoms with Gasteiger partial charge in [0.15, 0.2) is 0 Å². The molecule has 0 spiro atoms. The van der Waals surface area contributed by atoms with Gasteiger partial charge in [-0.05, 0) is 42.0 Å². The Morgan fingerprint density at radius 3 is 2.23 bits per heavy atom. The molecule has 0 aliphatic rings. The maximum atomic E-state index is 10.7. The molecule has 0 atom stereocenters. The van der Waals surface area contributed by atoms with Crippen molar-refractivity contribution in [1.82, 2.24) is 0 Å². The molecule has 0 saturated heterocycles. The molecule has 0 heterocycles. The summed E-state index contributed by atoms with van der Waals surface area (Å²) in [5.74, 6) is 0.983. The van der Waals surface area contributed by atoms with Gasteiger partial charge in [-0.25, -0.2) is 4.79 Å². The molecule has 3 aromatic rings. The predicted molar refractivity (Wildman–Crippen MR) is 100 cm³/mol. The first-order chi connectivity index (χ1) is 12.7. The first kappa shape index (κ1) is 17.3. The van der Waals surface area contributed by atoms with E-state index in [1.54, 1.807) is 12.1 Å². The number of aliphatic carboxylic acids is 1. The number of carboxylic acids is 1. The van der Waals surface area contributed by atoms with E-state index in [9.17, 15) is 4.79 Å². The molecule has 3 rings (SSSR count). The maximum Gasteiger partial charge on any atom is 0.328 e. The van der Waals surface area contributed by atoms with Gasteiger partial charge in [0, 0.05) is 11.6 Å². The highest BCUT2D eigenvalue weighted by atomic mass is 16.5. The van der Waals surface area contributed by atoms with Gasteiger partial charge in [-0.1, -0.05) is 48.5 Å². The van der Waals surface area contributed by atoms with Gasteiger partial charge < -0.3 is 14.6 Å². The fourth-order valence-electron chi connectivity index (χ4n) is 2.34. The third kappa shape index (κ3) is 4.98. The standard InChI is InChI=1S/C22H18O4/c23-22(24)15-10-18-8-4-5-9-21(18)26-20-13-11-19(12-14-20)25-16-17-6-2-1-3-7-17/h1-15H,16H2,(H,23,24).